The molecule has 38 heavy (non-hydrogen) atoms. The Labute approximate surface area is 225 Å². The number of carbonyl (C=O) groups excluding carboxylic acids is 1. The van der Waals surface area contributed by atoms with Gasteiger partial charge in [-0.25, -0.2) is 4.99 Å². The van der Waals surface area contributed by atoms with Gasteiger partial charge >= 0.3 is 0 Å². The van der Waals surface area contributed by atoms with E-state index in [9.17, 15) is 4.79 Å². The van der Waals surface area contributed by atoms with Gasteiger partial charge in [0.25, 0.3) is 0 Å². The number of hydrogen-bond donors (Lipinski definition) is 3. The van der Waals surface area contributed by atoms with Crippen LogP contribution in [0.2, 0.25) is 0 Å². The van der Waals surface area contributed by atoms with E-state index in [1.54, 1.807) is 18.2 Å². The standard InChI is InChI=1S/C31H38N4O3/c1-22-11-9-10-14-26(22)21-34-31(33-20-24-12-5-3-6-13-24)35-28-18-17-25(30(32)36)19-29(28)38-23(2)37-27-15-7-4-8-16-27/h4,7-11,14-19,23-24H,3,5-6,12-13,20-21H2,1-2H3,(H2,32,36)(H2,33,34,35). The molecule has 4 N–H and O–H groups in total. The Morgan fingerprint density at radius 1 is 1.00 bits per heavy atom. The number of para-hydroxylation sites is 1. The number of rotatable bonds is 10. The number of aliphatic imine (C=N–C) groups is 1. The second kappa shape index (κ2) is 13.5. The third-order valence-electron chi connectivity index (χ3n) is 6.81. The number of amides is 1. The first kappa shape index (κ1) is 27.0. The quantitative estimate of drug-likeness (QED) is 0.174. The number of anilines is 1. The van der Waals surface area contributed by atoms with Gasteiger partial charge in [-0.15, -0.1) is 0 Å². The molecule has 200 valence electrons. The Morgan fingerprint density at radius 3 is 2.47 bits per heavy atom. The molecule has 0 heterocycles. The first-order valence-corrected chi connectivity index (χ1v) is 13.4. The van der Waals surface area contributed by atoms with Crippen molar-refractivity contribution in [3.8, 4) is 11.5 Å². The molecule has 0 spiro atoms. The monoisotopic (exact) mass is 514 g/mol. The average molecular weight is 515 g/mol. The van der Waals surface area contributed by atoms with Gasteiger partial charge in [-0.05, 0) is 67.1 Å². The molecule has 1 amide bonds. The minimum atomic E-state index is -0.608. The maximum Gasteiger partial charge on any atom is 0.248 e. The number of benzene rings is 3. The van der Waals surface area contributed by atoms with Crippen LogP contribution in [0, 0.1) is 12.8 Å². The summed E-state index contributed by atoms with van der Waals surface area (Å²) < 4.78 is 12.1. The van der Waals surface area contributed by atoms with Gasteiger partial charge in [-0.2, -0.15) is 0 Å². The Hall–Kier alpha value is -4.00. The number of ether oxygens (including phenoxy) is 2. The average Bonchev–Trinajstić information content (AvgIpc) is 2.92. The molecule has 1 saturated carbocycles. The summed E-state index contributed by atoms with van der Waals surface area (Å²) in [5.74, 6) is 1.90. The van der Waals surface area contributed by atoms with E-state index in [2.05, 4.69) is 29.7 Å². The van der Waals surface area contributed by atoms with Crippen LogP contribution in [0.4, 0.5) is 5.69 Å². The van der Waals surface area contributed by atoms with E-state index >= 15 is 0 Å². The normalized spacial score (nSPS) is 14.9. The van der Waals surface area contributed by atoms with Crippen molar-refractivity contribution >= 4 is 17.6 Å². The van der Waals surface area contributed by atoms with Gasteiger partial charge in [-0.1, -0.05) is 61.7 Å². The van der Waals surface area contributed by atoms with Gasteiger partial charge in [0.1, 0.15) is 11.5 Å². The molecule has 1 fully saturated rings. The SMILES string of the molecule is Cc1ccccc1C/N=C(/NCC1CCCCC1)Nc1ccc(C(N)=O)cc1OC(C)Oc1ccccc1. The summed E-state index contributed by atoms with van der Waals surface area (Å²) >= 11 is 0. The largest absolute Gasteiger partial charge is 0.455 e. The lowest BCUT2D eigenvalue weighted by Gasteiger charge is -2.24. The molecule has 0 saturated heterocycles. The van der Waals surface area contributed by atoms with Gasteiger partial charge in [0.2, 0.25) is 12.2 Å². The summed E-state index contributed by atoms with van der Waals surface area (Å²) in [4.78, 5) is 16.8. The number of nitrogens with one attached hydrogen (secondary N) is 2. The molecule has 0 bridgehead atoms. The Bertz CT molecular complexity index is 1220. The minimum Gasteiger partial charge on any atom is -0.455 e. The molecular formula is C31H38N4O3. The van der Waals surface area contributed by atoms with Crippen LogP contribution in [0.3, 0.4) is 0 Å². The number of nitrogens with two attached hydrogens (primary N) is 1. The molecule has 1 unspecified atom stereocenters. The zero-order chi connectivity index (χ0) is 26.7. The highest BCUT2D eigenvalue weighted by Gasteiger charge is 2.17. The molecule has 1 aliphatic carbocycles. The molecule has 7 heteroatoms. The molecule has 3 aromatic carbocycles. The molecule has 3 aromatic rings. The summed E-state index contributed by atoms with van der Waals surface area (Å²) in [5.41, 5.74) is 8.94. The van der Waals surface area contributed by atoms with Crippen molar-refractivity contribution in [3.63, 3.8) is 0 Å². The van der Waals surface area contributed by atoms with Crippen LogP contribution < -0.4 is 25.8 Å². The maximum absolute atomic E-state index is 11.9. The van der Waals surface area contributed by atoms with E-state index in [0.717, 1.165) is 12.1 Å². The van der Waals surface area contributed by atoms with Crippen molar-refractivity contribution in [3.05, 3.63) is 89.5 Å². The number of aryl methyl sites for hydroxylation is 1. The van der Waals surface area contributed by atoms with E-state index in [-0.39, 0.29) is 0 Å². The lowest BCUT2D eigenvalue weighted by atomic mass is 9.89. The molecule has 1 aliphatic rings. The van der Waals surface area contributed by atoms with Crippen molar-refractivity contribution in [2.45, 2.75) is 58.8 Å². The topological polar surface area (TPSA) is 98.0 Å². The molecule has 0 aromatic heterocycles. The summed E-state index contributed by atoms with van der Waals surface area (Å²) in [6.45, 7) is 5.29. The summed E-state index contributed by atoms with van der Waals surface area (Å²) in [5, 5.41) is 6.96. The van der Waals surface area contributed by atoms with E-state index in [1.165, 1.54) is 37.7 Å². The zero-order valence-corrected chi connectivity index (χ0v) is 22.3. The van der Waals surface area contributed by atoms with Crippen molar-refractivity contribution in [2.24, 2.45) is 16.6 Å². The van der Waals surface area contributed by atoms with Gasteiger partial charge in [0, 0.05) is 19.0 Å². The molecular weight excluding hydrogens is 476 g/mol. The first-order valence-electron chi connectivity index (χ1n) is 13.4. The van der Waals surface area contributed by atoms with Crippen molar-refractivity contribution in [1.82, 2.24) is 5.32 Å². The van der Waals surface area contributed by atoms with Gasteiger partial charge in [0.15, 0.2) is 5.96 Å². The van der Waals surface area contributed by atoms with Crippen molar-refractivity contribution in [2.75, 3.05) is 11.9 Å². The molecule has 0 aliphatic heterocycles. The number of carbonyl (C=O) groups is 1. The van der Waals surface area contributed by atoms with Crippen LogP contribution in [-0.4, -0.2) is 24.7 Å². The van der Waals surface area contributed by atoms with Gasteiger partial charge in [0.05, 0.1) is 12.2 Å². The molecule has 0 radical (unpaired) electrons. The van der Waals surface area contributed by atoms with E-state index in [0.29, 0.717) is 41.2 Å². The van der Waals surface area contributed by atoms with Crippen molar-refractivity contribution in [1.29, 1.82) is 0 Å². The molecule has 4 rings (SSSR count). The molecule has 7 nitrogen and oxygen atoms in total. The van der Waals surface area contributed by atoms with E-state index < -0.39 is 12.2 Å². The Balaban J connectivity index is 1.55. The smallest absolute Gasteiger partial charge is 0.248 e. The zero-order valence-electron chi connectivity index (χ0n) is 22.3. The third-order valence-corrected chi connectivity index (χ3v) is 6.81. The van der Waals surface area contributed by atoms with Crippen molar-refractivity contribution < 1.29 is 14.3 Å². The summed E-state index contributed by atoms with van der Waals surface area (Å²) in [6, 6.07) is 22.8. The van der Waals surface area contributed by atoms with Crippen LogP contribution in [0.15, 0.2) is 77.8 Å². The maximum atomic E-state index is 11.9. The number of primary amides is 1. The molecule has 1 atom stereocenters. The fraction of sp³-hybridized carbons (Fsp3) is 0.355. The van der Waals surface area contributed by atoms with Crippen LogP contribution in [0.25, 0.3) is 0 Å². The third kappa shape index (κ3) is 8.00. The minimum absolute atomic E-state index is 0.353. The van der Waals surface area contributed by atoms with Crippen LogP contribution >= 0.6 is 0 Å². The predicted octanol–water partition coefficient (Wildman–Crippen LogP) is 6.04. The second-order valence-electron chi connectivity index (χ2n) is 9.79. The highest BCUT2D eigenvalue weighted by Crippen LogP contribution is 2.28. The fourth-order valence-electron chi connectivity index (χ4n) is 4.62. The summed E-state index contributed by atoms with van der Waals surface area (Å²) in [7, 11) is 0. The first-order chi connectivity index (χ1) is 18.5. The highest BCUT2D eigenvalue weighted by molar-refractivity contribution is 5.97. The van der Waals surface area contributed by atoms with Crippen LogP contribution in [-0.2, 0) is 6.54 Å². The number of guanidine groups is 1. The highest BCUT2D eigenvalue weighted by atomic mass is 16.7. The van der Waals surface area contributed by atoms with E-state index in [4.69, 9.17) is 20.2 Å². The second-order valence-corrected chi connectivity index (χ2v) is 9.79. The van der Waals surface area contributed by atoms with E-state index in [1.807, 2.05) is 49.4 Å². The van der Waals surface area contributed by atoms with Gasteiger partial charge < -0.3 is 25.8 Å². The Morgan fingerprint density at radius 2 is 1.74 bits per heavy atom. The number of nitrogens with zero attached hydrogens (tertiary/aromatic N) is 1. The predicted molar refractivity (Wildman–Crippen MR) is 153 cm³/mol. The van der Waals surface area contributed by atoms with Crippen LogP contribution in [0.5, 0.6) is 11.5 Å². The fourth-order valence-corrected chi connectivity index (χ4v) is 4.62. The Kier molecular flexibility index (Phi) is 9.62. The lowest BCUT2D eigenvalue weighted by Crippen LogP contribution is -2.35. The summed E-state index contributed by atoms with van der Waals surface area (Å²) in [6.07, 6.45) is 5.73. The van der Waals surface area contributed by atoms with Crippen LogP contribution in [0.1, 0.15) is 60.5 Å². The lowest BCUT2D eigenvalue weighted by molar-refractivity contribution is 0.0228. The number of hydrogen-bond acceptors (Lipinski definition) is 4. The van der Waals surface area contributed by atoms with Gasteiger partial charge in [-0.3, -0.25) is 4.79 Å².